The second-order valence-corrected chi connectivity index (χ2v) is 7.20. The first-order valence-electron chi connectivity index (χ1n) is 10.2. The van der Waals surface area contributed by atoms with Crippen LogP contribution in [0.25, 0.3) is 0 Å². The van der Waals surface area contributed by atoms with E-state index < -0.39 is 0 Å². The molecule has 0 aliphatic carbocycles. The summed E-state index contributed by atoms with van der Waals surface area (Å²) in [7, 11) is 1.79. The maximum Gasteiger partial charge on any atom is 0.225 e. The fraction of sp³-hybridized carbons (Fsp3) is 0.684. The second-order valence-electron chi connectivity index (χ2n) is 7.20. The van der Waals surface area contributed by atoms with Gasteiger partial charge < -0.3 is 20.4 Å². The first-order chi connectivity index (χ1) is 13.7. The lowest BCUT2D eigenvalue weighted by atomic mass is 10.3. The number of aliphatic imine (C=N–C) groups is 1. The van der Waals surface area contributed by atoms with Crippen molar-refractivity contribution in [2.45, 2.75) is 25.8 Å². The molecule has 3 rings (SSSR count). The van der Waals surface area contributed by atoms with Crippen molar-refractivity contribution < 1.29 is 4.79 Å². The maximum atomic E-state index is 11.8. The van der Waals surface area contributed by atoms with Gasteiger partial charge in [0.25, 0.3) is 0 Å². The standard InChI is InChI=1S/C19H32N8O/c1-3-17(28)27-9-5-16(15-27)24-18(20-2)21-8-10-25-11-13-26(14-12-25)19-22-6-4-7-23-19/h4,6-7,16H,3,5,8-15H2,1-2H3,(H2,20,21,24). The summed E-state index contributed by atoms with van der Waals surface area (Å²) in [5.41, 5.74) is 0. The monoisotopic (exact) mass is 388 g/mol. The van der Waals surface area contributed by atoms with Crippen LogP contribution in [0.1, 0.15) is 19.8 Å². The van der Waals surface area contributed by atoms with Gasteiger partial charge in [0.05, 0.1) is 0 Å². The zero-order valence-electron chi connectivity index (χ0n) is 17.0. The van der Waals surface area contributed by atoms with E-state index in [4.69, 9.17) is 0 Å². The summed E-state index contributed by atoms with van der Waals surface area (Å²) in [5.74, 6) is 1.86. The van der Waals surface area contributed by atoms with Crippen molar-refractivity contribution >= 4 is 17.8 Å². The largest absolute Gasteiger partial charge is 0.355 e. The van der Waals surface area contributed by atoms with Gasteiger partial charge in [-0.05, 0) is 12.5 Å². The van der Waals surface area contributed by atoms with E-state index in [1.807, 2.05) is 17.9 Å². The first-order valence-corrected chi connectivity index (χ1v) is 10.2. The van der Waals surface area contributed by atoms with E-state index in [1.165, 1.54) is 0 Å². The number of likely N-dealkylation sites (tertiary alicyclic amines) is 1. The van der Waals surface area contributed by atoms with Crippen molar-refractivity contribution in [3.8, 4) is 0 Å². The normalized spacial score (nSPS) is 21.1. The Kier molecular flexibility index (Phi) is 7.41. The molecule has 28 heavy (non-hydrogen) atoms. The van der Waals surface area contributed by atoms with E-state index >= 15 is 0 Å². The number of aromatic nitrogens is 2. The molecule has 1 aromatic heterocycles. The van der Waals surface area contributed by atoms with E-state index in [1.54, 1.807) is 19.4 Å². The van der Waals surface area contributed by atoms with Crippen LogP contribution >= 0.6 is 0 Å². The maximum absolute atomic E-state index is 11.8. The Hall–Kier alpha value is -2.42. The number of anilines is 1. The molecule has 2 aliphatic heterocycles. The lowest BCUT2D eigenvalue weighted by Crippen LogP contribution is -2.50. The Balaban J connectivity index is 1.34. The van der Waals surface area contributed by atoms with E-state index in [2.05, 4.69) is 35.4 Å². The molecule has 0 bridgehead atoms. The molecule has 0 radical (unpaired) electrons. The lowest BCUT2D eigenvalue weighted by Gasteiger charge is -2.34. The quantitative estimate of drug-likeness (QED) is 0.514. The Labute approximate surface area is 167 Å². The van der Waals surface area contributed by atoms with Crippen LogP contribution in [0.3, 0.4) is 0 Å². The zero-order valence-corrected chi connectivity index (χ0v) is 17.0. The average molecular weight is 389 g/mol. The Bertz CT molecular complexity index is 645. The number of guanidine groups is 1. The van der Waals surface area contributed by atoms with Crippen LogP contribution in [-0.2, 0) is 4.79 Å². The number of carbonyl (C=O) groups excluding carboxylic acids is 1. The number of piperazine rings is 1. The fourth-order valence-electron chi connectivity index (χ4n) is 3.67. The summed E-state index contributed by atoms with van der Waals surface area (Å²) < 4.78 is 0. The first kappa shape index (κ1) is 20.3. The van der Waals surface area contributed by atoms with Crippen molar-refractivity contribution in [3.05, 3.63) is 18.5 Å². The second kappa shape index (κ2) is 10.2. The van der Waals surface area contributed by atoms with Crippen LogP contribution in [0.2, 0.25) is 0 Å². The van der Waals surface area contributed by atoms with E-state index in [0.29, 0.717) is 6.42 Å². The minimum Gasteiger partial charge on any atom is -0.355 e. The zero-order chi connectivity index (χ0) is 19.8. The van der Waals surface area contributed by atoms with Crippen molar-refractivity contribution in [1.29, 1.82) is 0 Å². The Morgan fingerprint density at radius 2 is 1.96 bits per heavy atom. The van der Waals surface area contributed by atoms with E-state index in [-0.39, 0.29) is 11.9 Å². The van der Waals surface area contributed by atoms with E-state index in [0.717, 1.165) is 70.7 Å². The molecule has 9 nitrogen and oxygen atoms in total. The predicted molar refractivity (Wildman–Crippen MR) is 110 cm³/mol. The van der Waals surface area contributed by atoms with Gasteiger partial charge >= 0.3 is 0 Å². The minimum atomic E-state index is 0.229. The van der Waals surface area contributed by atoms with Gasteiger partial charge in [0.1, 0.15) is 0 Å². The molecule has 2 N–H and O–H groups in total. The topological polar surface area (TPSA) is 89.0 Å². The molecule has 1 amide bonds. The van der Waals surface area contributed by atoms with Crippen LogP contribution in [0, 0.1) is 0 Å². The van der Waals surface area contributed by atoms with Crippen LogP contribution < -0.4 is 15.5 Å². The number of carbonyl (C=O) groups is 1. The molecule has 2 aliphatic rings. The third-order valence-electron chi connectivity index (χ3n) is 5.34. The summed E-state index contributed by atoms with van der Waals surface area (Å²) in [6, 6.07) is 2.12. The van der Waals surface area contributed by atoms with Gasteiger partial charge in [0.15, 0.2) is 5.96 Å². The van der Waals surface area contributed by atoms with Gasteiger partial charge in [0.2, 0.25) is 11.9 Å². The van der Waals surface area contributed by atoms with Crippen LogP contribution in [0.5, 0.6) is 0 Å². The number of nitrogens with zero attached hydrogens (tertiary/aromatic N) is 6. The van der Waals surface area contributed by atoms with Crippen LogP contribution in [0.4, 0.5) is 5.95 Å². The highest BCUT2D eigenvalue weighted by molar-refractivity contribution is 5.80. The molecule has 2 saturated heterocycles. The van der Waals surface area contributed by atoms with Crippen molar-refractivity contribution in [2.24, 2.45) is 4.99 Å². The summed E-state index contributed by atoms with van der Waals surface area (Å²) in [4.78, 5) is 31.4. The third kappa shape index (κ3) is 5.54. The third-order valence-corrected chi connectivity index (χ3v) is 5.34. The molecule has 0 aromatic carbocycles. The smallest absolute Gasteiger partial charge is 0.225 e. The molecule has 3 heterocycles. The Morgan fingerprint density at radius 3 is 2.64 bits per heavy atom. The molecule has 0 spiro atoms. The Morgan fingerprint density at radius 1 is 1.21 bits per heavy atom. The van der Waals surface area contributed by atoms with Gasteiger partial charge in [-0.25, -0.2) is 9.97 Å². The number of amides is 1. The molecule has 0 saturated carbocycles. The molecular weight excluding hydrogens is 356 g/mol. The molecule has 154 valence electrons. The highest BCUT2D eigenvalue weighted by Crippen LogP contribution is 2.11. The fourth-order valence-corrected chi connectivity index (χ4v) is 3.67. The van der Waals surface area contributed by atoms with E-state index in [9.17, 15) is 4.79 Å². The summed E-state index contributed by atoms with van der Waals surface area (Å²) in [5, 5.41) is 6.84. The van der Waals surface area contributed by atoms with Crippen molar-refractivity contribution in [1.82, 2.24) is 30.4 Å². The van der Waals surface area contributed by atoms with Gasteiger partial charge in [-0.3, -0.25) is 14.7 Å². The molecule has 1 aromatic rings. The average Bonchev–Trinajstić information content (AvgIpc) is 3.22. The molecular formula is C19H32N8O. The predicted octanol–water partition coefficient (Wildman–Crippen LogP) is -0.225. The summed E-state index contributed by atoms with van der Waals surface area (Å²) in [6.07, 6.45) is 5.12. The van der Waals surface area contributed by atoms with Crippen molar-refractivity contribution in [3.63, 3.8) is 0 Å². The number of hydrogen-bond donors (Lipinski definition) is 2. The lowest BCUT2D eigenvalue weighted by molar-refractivity contribution is -0.129. The summed E-state index contributed by atoms with van der Waals surface area (Å²) in [6.45, 7) is 9.21. The van der Waals surface area contributed by atoms with Gasteiger partial charge in [-0.2, -0.15) is 0 Å². The molecule has 1 atom stereocenters. The number of hydrogen-bond acceptors (Lipinski definition) is 6. The summed E-state index contributed by atoms with van der Waals surface area (Å²) >= 11 is 0. The van der Waals surface area contributed by atoms with Crippen molar-refractivity contribution in [2.75, 3.05) is 64.3 Å². The van der Waals surface area contributed by atoms with Gasteiger partial charge in [-0.15, -0.1) is 0 Å². The van der Waals surface area contributed by atoms with Crippen LogP contribution in [0.15, 0.2) is 23.5 Å². The molecule has 9 heteroatoms. The van der Waals surface area contributed by atoms with Crippen LogP contribution in [-0.4, -0.2) is 97.1 Å². The highest BCUT2D eigenvalue weighted by atomic mass is 16.2. The SMILES string of the molecule is CCC(=O)N1CCC(NC(=NC)NCCN2CCN(c3ncccn3)CC2)C1. The van der Waals surface area contributed by atoms with Gasteiger partial charge in [-0.1, -0.05) is 6.92 Å². The number of nitrogens with one attached hydrogen (secondary N) is 2. The number of rotatable bonds is 6. The highest BCUT2D eigenvalue weighted by Gasteiger charge is 2.25. The minimum absolute atomic E-state index is 0.229. The molecule has 1 unspecified atom stereocenters. The molecule has 2 fully saturated rings. The van der Waals surface area contributed by atoms with Gasteiger partial charge in [0, 0.05) is 84.3 Å².